The lowest BCUT2D eigenvalue weighted by Gasteiger charge is -2.12. The second-order valence-corrected chi connectivity index (χ2v) is 4.91. The molecule has 6 nitrogen and oxygen atoms in total. The summed E-state index contributed by atoms with van der Waals surface area (Å²) < 4.78 is 2.03. The number of aromatic nitrogens is 4. The maximum Gasteiger partial charge on any atom is 0.135 e. The first-order chi connectivity index (χ1) is 9.69. The van der Waals surface area contributed by atoms with Gasteiger partial charge in [0.2, 0.25) is 0 Å². The fourth-order valence-corrected chi connectivity index (χ4v) is 1.82. The molecule has 2 aromatic heterocycles. The minimum absolute atomic E-state index is 0.308. The number of nitrogens with zero attached hydrogens (tertiary/aromatic N) is 4. The van der Waals surface area contributed by atoms with Gasteiger partial charge in [-0.15, -0.1) is 0 Å². The van der Waals surface area contributed by atoms with E-state index in [-0.39, 0.29) is 0 Å². The summed E-state index contributed by atoms with van der Waals surface area (Å²) in [5, 5.41) is 6.58. The second kappa shape index (κ2) is 6.88. The molecule has 6 heteroatoms. The van der Waals surface area contributed by atoms with E-state index in [1.807, 2.05) is 23.2 Å². The average molecular weight is 274 g/mol. The summed E-state index contributed by atoms with van der Waals surface area (Å²) in [6.45, 7) is 8.76. The molecule has 2 aromatic rings. The van der Waals surface area contributed by atoms with Gasteiger partial charge in [-0.2, -0.15) is 0 Å². The van der Waals surface area contributed by atoms with Crippen molar-refractivity contribution >= 4 is 11.6 Å². The quantitative estimate of drug-likeness (QED) is 0.811. The zero-order valence-electron chi connectivity index (χ0n) is 12.3. The highest BCUT2D eigenvalue weighted by Gasteiger charge is 2.07. The third-order valence-electron chi connectivity index (χ3n) is 2.85. The lowest BCUT2D eigenvalue weighted by atomic mass is 10.2. The Morgan fingerprint density at radius 3 is 2.55 bits per heavy atom. The van der Waals surface area contributed by atoms with Gasteiger partial charge < -0.3 is 15.2 Å². The molecule has 108 valence electrons. The largest absolute Gasteiger partial charge is 0.370 e. The van der Waals surface area contributed by atoms with Crippen LogP contribution in [-0.4, -0.2) is 32.6 Å². The van der Waals surface area contributed by atoms with Crippen LogP contribution >= 0.6 is 0 Å². The Morgan fingerprint density at radius 1 is 1.20 bits per heavy atom. The molecule has 0 radical (unpaired) electrons. The molecule has 0 aliphatic rings. The van der Waals surface area contributed by atoms with E-state index in [0.29, 0.717) is 5.92 Å². The van der Waals surface area contributed by atoms with Crippen molar-refractivity contribution in [2.24, 2.45) is 0 Å². The third kappa shape index (κ3) is 3.94. The first-order valence-corrected chi connectivity index (χ1v) is 7.01. The Balaban J connectivity index is 2.01. The fourth-order valence-electron chi connectivity index (χ4n) is 1.82. The number of rotatable bonds is 7. The van der Waals surface area contributed by atoms with Crippen LogP contribution in [-0.2, 0) is 6.54 Å². The normalized spacial score (nSPS) is 10.8. The van der Waals surface area contributed by atoms with E-state index in [4.69, 9.17) is 0 Å². The number of hydrogen-bond acceptors (Lipinski definition) is 5. The Hall–Kier alpha value is -2.11. The van der Waals surface area contributed by atoms with Crippen LogP contribution in [0.4, 0.5) is 11.6 Å². The Morgan fingerprint density at radius 2 is 1.95 bits per heavy atom. The molecule has 2 rings (SSSR count). The maximum absolute atomic E-state index is 4.55. The van der Waals surface area contributed by atoms with E-state index >= 15 is 0 Å². The van der Waals surface area contributed by atoms with Crippen LogP contribution in [0.25, 0.3) is 0 Å². The van der Waals surface area contributed by atoms with Gasteiger partial charge in [-0.1, -0.05) is 13.8 Å². The van der Waals surface area contributed by atoms with E-state index in [1.165, 1.54) is 0 Å². The van der Waals surface area contributed by atoms with Crippen molar-refractivity contribution in [2.75, 3.05) is 23.7 Å². The van der Waals surface area contributed by atoms with E-state index in [9.17, 15) is 0 Å². The van der Waals surface area contributed by atoms with Crippen LogP contribution in [0.15, 0.2) is 24.8 Å². The molecule has 0 bridgehead atoms. The summed E-state index contributed by atoms with van der Waals surface area (Å²) in [4.78, 5) is 13.1. The van der Waals surface area contributed by atoms with Crippen molar-refractivity contribution in [3.05, 3.63) is 30.6 Å². The highest BCUT2D eigenvalue weighted by Crippen LogP contribution is 2.16. The molecule has 0 fully saturated rings. The minimum Gasteiger partial charge on any atom is -0.370 e. The summed E-state index contributed by atoms with van der Waals surface area (Å²) in [5.41, 5.74) is 0. The van der Waals surface area contributed by atoms with Gasteiger partial charge >= 0.3 is 0 Å². The number of hydrogen-bond donors (Lipinski definition) is 2. The van der Waals surface area contributed by atoms with Crippen molar-refractivity contribution in [3.8, 4) is 0 Å². The molecule has 20 heavy (non-hydrogen) atoms. The van der Waals surface area contributed by atoms with E-state index in [0.717, 1.165) is 37.1 Å². The van der Waals surface area contributed by atoms with Gasteiger partial charge in [0.05, 0.1) is 6.33 Å². The van der Waals surface area contributed by atoms with E-state index in [1.54, 1.807) is 6.20 Å². The smallest absolute Gasteiger partial charge is 0.135 e. The molecule has 2 heterocycles. The summed E-state index contributed by atoms with van der Waals surface area (Å²) >= 11 is 0. The van der Waals surface area contributed by atoms with Gasteiger partial charge in [0.15, 0.2) is 0 Å². The number of anilines is 2. The minimum atomic E-state index is 0.308. The molecule has 0 saturated heterocycles. The molecule has 0 aromatic carbocycles. The Kier molecular flexibility index (Phi) is 4.92. The van der Waals surface area contributed by atoms with Crippen LogP contribution in [0.1, 0.15) is 32.5 Å². The fraction of sp³-hybridized carbons (Fsp3) is 0.500. The van der Waals surface area contributed by atoms with Gasteiger partial charge in [-0.05, 0) is 6.92 Å². The zero-order chi connectivity index (χ0) is 14.4. The van der Waals surface area contributed by atoms with Crippen LogP contribution in [0.2, 0.25) is 0 Å². The van der Waals surface area contributed by atoms with Crippen molar-refractivity contribution in [1.29, 1.82) is 0 Å². The Bertz CT molecular complexity index is 520. The van der Waals surface area contributed by atoms with Gasteiger partial charge in [0.25, 0.3) is 0 Å². The van der Waals surface area contributed by atoms with Crippen LogP contribution < -0.4 is 10.6 Å². The lowest BCUT2D eigenvalue weighted by molar-refractivity contribution is 0.721. The molecule has 0 aliphatic carbocycles. The standard InChI is InChI=1S/C14H22N6/c1-4-16-12-9-13(19-14(18-12)11(2)3)17-6-8-20-7-5-15-10-20/h5,7,9-11H,4,6,8H2,1-3H3,(H2,16,17,18,19). The van der Waals surface area contributed by atoms with Gasteiger partial charge in [-0.3, -0.25) is 0 Å². The molecule has 0 amide bonds. The maximum atomic E-state index is 4.55. The van der Waals surface area contributed by atoms with E-state index in [2.05, 4.69) is 46.4 Å². The molecule has 0 unspecified atom stereocenters. The number of nitrogens with one attached hydrogen (secondary N) is 2. The first kappa shape index (κ1) is 14.3. The van der Waals surface area contributed by atoms with E-state index < -0.39 is 0 Å². The van der Waals surface area contributed by atoms with Gasteiger partial charge in [0, 0.05) is 44.0 Å². The molecule has 0 aliphatic heterocycles. The number of imidazole rings is 1. The summed E-state index contributed by atoms with van der Waals surface area (Å²) in [6.07, 6.45) is 5.54. The monoisotopic (exact) mass is 274 g/mol. The van der Waals surface area contributed by atoms with Gasteiger partial charge in [-0.25, -0.2) is 15.0 Å². The second-order valence-electron chi connectivity index (χ2n) is 4.91. The average Bonchev–Trinajstić information content (AvgIpc) is 2.92. The first-order valence-electron chi connectivity index (χ1n) is 7.01. The Labute approximate surface area is 119 Å². The summed E-state index contributed by atoms with van der Waals surface area (Å²) in [7, 11) is 0. The highest BCUT2D eigenvalue weighted by molar-refractivity contribution is 5.47. The SMILES string of the molecule is CCNc1cc(NCCn2ccnc2)nc(C(C)C)n1. The molecule has 2 N–H and O–H groups in total. The third-order valence-corrected chi connectivity index (χ3v) is 2.85. The van der Waals surface area contributed by atoms with Crippen LogP contribution in [0.5, 0.6) is 0 Å². The molecule has 0 atom stereocenters. The van der Waals surface area contributed by atoms with Crippen molar-refractivity contribution < 1.29 is 0 Å². The van der Waals surface area contributed by atoms with Gasteiger partial charge in [0.1, 0.15) is 17.5 Å². The highest BCUT2D eigenvalue weighted by atomic mass is 15.1. The molecular weight excluding hydrogens is 252 g/mol. The summed E-state index contributed by atoms with van der Waals surface area (Å²) in [6, 6.07) is 1.95. The van der Waals surface area contributed by atoms with Crippen molar-refractivity contribution in [1.82, 2.24) is 19.5 Å². The zero-order valence-corrected chi connectivity index (χ0v) is 12.3. The lowest BCUT2D eigenvalue weighted by Crippen LogP contribution is -2.13. The predicted molar refractivity (Wildman–Crippen MR) is 81.0 cm³/mol. The predicted octanol–water partition coefficient (Wildman–Crippen LogP) is 2.34. The van der Waals surface area contributed by atoms with Crippen molar-refractivity contribution in [2.45, 2.75) is 33.2 Å². The molecule has 0 spiro atoms. The van der Waals surface area contributed by atoms with Crippen molar-refractivity contribution in [3.63, 3.8) is 0 Å². The van der Waals surface area contributed by atoms with Crippen LogP contribution in [0.3, 0.4) is 0 Å². The summed E-state index contributed by atoms with van der Waals surface area (Å²) in [5.74, 6) is 2.90. The molecular formula is C14H22N6. The molecule has 0 saturated carbocycles. The topological polar surface area (TPSA) is 67.7 Å². The van der Waals surface area contributed by atoms with Crippen LogP contribution in [0, 0.1) is 0 Å².